The Morgan fingerprint density at radius 2 is 1.84 bits per heavy atom. The van der Waals surface area contributed by atoms with Crippen molar-refractivity contribution in [2.45, 2.75) is 37.5 Å². The highest BCUT2D eigenvalue weighted by Crippen LogP contribution is 2.26. The minimum atomic E-state index is -3.61. The van der Waals surface area contributed by atoms with Gasteiger partial charge in [0.2, 0.25) is 21.8 Å². The summed E-state index contributed by atoms with van der Waals surface area (Å²) in [6, 6.07) is 12.3. The van der Waals surface area contributed by atoms with Crippen molar-refractivity contribution in [1.82, 2.24) is 9.29 Å². The van der Waals surface area contributed by atoms with Crippen molar-refractivity contribution in [3.05, 3.63) is 60.0 Å². The third-order valence-electron chi connectivity index (χ3n) is 5.33. The minimum Gasteiger partial charge on any atom is -0.437 e. The van der Waals surface area contributed by atoms with Gasteiger partial charge in [-0.05, 0) is 49.6 Å². The Morgan fingerprint density at radius 3 is 2.58 bits per heavy atom. The number of aryl methyl sites for hydroxylation is 1. The van der Waals surface area contributed by atoms with Gasteiger partial charge in [-0.15, -0.1) is 0 Å². The number of rotatable bonds is 5. The molecule has 1 saturated heterocycles. The summed E-state index contributed by atoms with van der Waals surface area (Å²) < 4.78 is 33.5. The van der Waals surface area contributed by atoms with Crippen LogP contribution >= 0.6 is 0 Å². The molecule has 7 nitrogen and oxygen atoms in total. The van der Waals surface area contributed by atoms with Crippen molar-refractivity contribution in [2.75, 3.05) is 18.4 Å². The van der Waals surface area contributed by atoms with Gasteiger partial charge < -0.3 is 9.73 Å². The molecule has 0 bridgehead atoms. The van der Waals surface area contributed by atoms with E-state index in [9.17, 15) is 13.2 Å². The second-order valence-corrected chi connectivity index (χ2v) is 9.55. The van der Waals surface area contributed by atoms with Crippen molar-refractivity contribution in [2.24, 2.45) is 0 Å². The number of nitrogens with one attached hydrogen (secondary N) is 1. The molecule has 0 spiro atoms. The van der Waals surface area contributed by atoms with Gasteiger partial charge in [0, 0.05) is 30.9 Å². The summed E-state index contributed by atoms with van der Waals surface area (Å²) in [6.07, 6.45) is 6.64. The molecule has 1 aliphatic rings. The number of fused-ring (bicyclic) bond motifs is 1. The van der Waals surface area contributed by atoms with E-state index in [1.807, 2.05) is 18.2 Å². The molecule has 1 amide bonds. The average Bonchev–Trinajstić information content (AvgIpc) is 2.96. The summed E-state index contributed by atoms with van der Waals surface area (Å²) in [5.74, 6) is -0.0751. The number of amides is 1. The zero-order chi connectivity index (χ0) is 21.8. The van der Waals surface area contributed by atoms with Crippen LogP contribution in [0.1, 0.15) is 37.1 Å². The number of carbonyl (C=O) groups excluding carboxylic acids is 1. The lowest BCUT2D eigenvalue weighted by Crippen LogP contribution is -2.32. The quantitative estimate of drug-likeness (QED) is 0.597. The van der Waals surface area contributed by atoms with Gasteiger partial charge in [0.25, 0.3) is 0 Å². The molecule has 1 N–H and O–H groups in total. The van der Waals surface area contributed by atoms with Gasteiger partial charge in [-0.2, -0.15) is 4.31 Å². The Hall–Kier alpha value is -2.97. The molecular formula is C23H25N3O4S. The molecule has 4 rings (SSSR count). The van der Waals surface area contributed by atoms with Crippen molar-refractivity contribution in [1.29, 1.82) is 0 Å². The Kier molecular flexibility index (Phi) is 6.20. The van der Waals surface area contributed by atoms with Gasteiger partial charge >= 0.3 is 0 Å². The lowest BCUT2D eigenvalue weighted by Gasteiger charge is -2.21. The van der Waals surface area contributed by atoms with E-state index in [1.165, 1.54) is 18.2 Å². The van der Waals surface area contributed by atoms with Crippen LogP contribution in [0.5, 0.6) is 0 Å². The maximum Gasteiger partial charge on any atom is 0.248 e. The number of hydrogen-bond donors (Lipinski definition) is 1. The van der Waals surface area contributed by atoms with Crippen LogP contribution in [0.15, 0.2) is 57.9 Å². The predicted octanol–water partition coefficient (Wildman–Crippen LogP) is 4.35. The molecule has 0 saturated carbocycles. The molecule has 0 aliphatic carbocycles. The molecule has 0 radical (unpaired) electrons. The van der Waals surface area contributed by atoms with Gasteiger partial charge in [-0.1, -0.05) is 31.0 Å². The third-order valence-corrected chi connectivity index (χ3v) is 7.37. The Bertz CT molecular complexity index is 1190. The fourth-order valence-electron chi connectivity index (χ4n) is 3.67. The number of carbonyl (C=O) groups is 1. The van der Waals surface area contributed by atoms with Gasteiger partial charge in [-0.3, -0.25) is 4.79 Å². The number of benzene rings is 2. The number of nitrogens with zero attached hydrogens (tertiary/aromatic N) is 2. The molecule has 0 atom stereocenters. The van der Waals surface area contributed by atoms with Crippen LogP contribution in [0, 0.1) is 6.92 Å². The largest absolute Gasteiger partial charge is 0.437 e. The number of anilines is 1. The first-order chi connectivity index (χ1) is 14.9. The first kappa shape index (κ1) is 21.3. The first-order valence-electron chi connectivity index (χ1n) is 10.4. The van der Waals surface area contributed by atoms with Crippen molar-refractivity contribution >= 4 is 38.8 Å². The molecular weight excluding hydrogens is 414 g/mol. The van der Waals surface area contributed by atoms with Gasteiger partial charge in [0.05, 0.1) is 4.90 Å². The van der Waals surface area contributed by atoms with Gasteiger partial charge in [0.1, 0.15) is 5.52 Å². The Morgan fingerprint density at radius 1 is 1.10 bits per heavy atom. The van der Waals surface area contributed by atoms with Crippen LogP contribution < -0.4 is 5.32 Å². The van der Waals surface area contributed by atoms with E-state index in [2.05, 4.69) is 10.3 Å². The summed E-state index contributed by atoms with van der Waals surface area (Å²) >= 11 is 0. The van der Waals surface area contributed by atoms with E-state index in [0.717, 1.165) is 25.7 Å². The fraction of sp³-hybridized carbons (Fsp3) is 0.304. The Labute approximate surface area is 181 Å². The fourth-order valence-corrected chi connectivity index (χ4v) is 5.44. The number of oxazole rings is 1. The molecule has 2 heterocycles. The summed E-state index contributed by atoms with van der Waals surface area (Å²) in [5.41, 5.74) is 2.43. The monoisotopic (exact) mass is 439 g/mol. The molecule has 1 aliphatic heterocycles. The number of para-hydroxylation sites is 2. The maximum absolute atomic E-state index is 13.2. The van der Waals surface area contributed by atoms with Crippen LogP contribution in [-0.2, 0) is 14.8 Å². The van der Waals surface area contributed by atoms with E-state index >= 15 is 0 Å². The van der Waals surface area contributed by atoms with Crippen molar-refractivity contribution in [3.63, 3.8) is 0 Å². The zero-order valence-electron chi connectivity index (χ0n) is 17.4. The SMILES string of the molecule is Cc1ccc(NC(=O)/C=C/c2nc3ccccc3o2)cc1S(=O)(=O)N1CCCCCC1. The number of aromatic nitrogens is 1. The van der Waals surface area contributed by atoms with E-state index < -0.39 is 15.9 Å². The zero-order valence-corrected chi connectivity index (χ0v) is 18.2. The van der Waals surface area contributed by atoms with Crippen LogP contribution in [0.2, 0.25) is 0 Å². The number of sulfonamides is 1. The maximum atomic E-state index is 13.2. The highest BCUT2D eigenvalue weighted by molar-refractivity contribution is 7.89. The lowest BCUT2D eigenvalue weighted by atomic mass is 10.2. The summed E-state index contributed by atoms with van der Waals surface area (Å²) in [5, 5.41) is 2.72. The van der Waals surface area contributed by atoms with E-state index in [0.29, 0.717) is 41.3 Å². The van der Waals surface area contributed by atoms with Crippen LogP contribution in [0.25, 0.3) is 17.2 Å². The molecule has 162 valence electrons. The molecule has 2 aromatic carbocycles. The standard InChI is InChI=1S/C23H25N3O4S/c1-17-10-11-18(16-21(17)31(28,29)26-14-6-2-3-7-15-26)24-22(27)12-13-23-25-19-8-4-5-9-20(19)30-23/h4-5,8-13,16H,2-3,6-7,14-15H2,1H3,(H,24,27)/b13-12+. The van der Waals surface area contributed by atoms with E-state index in [-0.39, 0.29) is 4.90 Å². The van der Waals surface area contributed by atoms with Crippen molar-refractivity contribution < 1.29 is 17.6 Å². The molecule has 8 heteroatoms. The van der Waals surface area contributed by atoms with Gasteiger partial charge in [0.15, 0.2) is 5.58 Å². The Balaban J connectivity index is 1.50. The van der Waals surface area contributed by atoms with Gasteiger partial charge in [-0.25, -0.2) is 13.4 Å². The first-order valence-corrected chi connectivity index (χ1v) is 11.8. The lowest BCUT2D eigenvalue weighted by molar-refractivity contribution is -0.111. The highest BCUT2D eigenvalue weighted by atomic mass is 32.2. The summed E-state index contributed by atoms with van der Waals surface area (Å²) in [4.78, 5) is 16.9. The second kappa shape index (κ2) is 9.03. The average molecular weight is 440 g/mol. The predicted molar refractivity (Wildman–Crippen MR) is 120 cm³/mol. The molecule has 0 unspecified atom stereocenters. The molecule has 1 aromatic heterocycles. The summed E-state index contributed by atoms with van der Waals surface area (Å²) in [6.45, 7) is 2.83. The summed E-state index contributed by atoms with van der Waals surface area (Å²) in [7, 11) is -3.61. The topological polar surface area (TPSA) is 92.5 Å². The van der Waals surface area contributed by atoms with Crippen LogP contribution in [0.4, 0.5) is 5.69 Å². The van der Waals surface area contributed by atoms with Crippen LogP contribution in [0.3, 0.4) is 0 Å². The van der Waals surface area contributed by atoms with E-state index in [4.69, 9.17) is 4.42 Å². The normalized spacial score (nSPS) is 15.9. The minimum absolute atomic E-state index is 0.232. The molecule has 1 fully saturated rings. The second-order valence-electron chi connectivity index (χ2n) is 7.64. The number of hydrogen-bond acceptors (Lipinski definition) is 5. The van der Waals surface area contributed by atoms with E-state index in [1.54, 1.807) is 29.4 Å². The smallest absolute Gasteiger partial charge is 0.248 e. The highest BCUT2D eigenvalue weighted by Gasteiger charge is 2.27. The molecule has 31 heavy (non-hydrogen) atoms. The molecule has 3 aromatic rings. The van der Waals surface area contributed by atoms with Crippen LogP contribution in [-0.4, -0.2) is 36.7 Å². The van der Waals surface area contributed by atoms with Crippen molar-refractivity contribution in [3.8, 4) is 0 Å². The third kappa shape index (κ3) is 4.86.